The number of Topliss-reactive ketones (excluding diaryl/α,β-unsaturated/α-hetero) is 2. The molecule has 1 aliphatic heterocycles. The molecular weight excluding hydrogens is 454 g/mol. The Hall–Kier alpha value is -3.81. The van der Waals surface area contributed by atoms with Crippen LogP contribution in [0.15, 0.2) is 54.7 Å². The molecule has 35 heavy (non-hydrogen) atoms. The van der Waals surface area contributed by atoms with E-state index in [2.05, 4.69) is 10.3 Å². The van der Waals surface area contributed by atoms with Crippen molar-refractivity contribution in [2.24, 2.45) is 5.41 Å². The smallest absolute Gasteiger partial charge is 0.204 e. The van der Waals surface area contributed by atoms with E-state index in [9.17, 15) is 18.4 Å². The van der Waals surface area contributed by atoms with Crippen LogP contribution in [0.1, 0.15) is 30.4 Å². The molecule has 1 fully saturated rings. The quantitative estimate of drug-likeness (QED) is 0.457. The Morgan fingerprint density at radius 3 is 2.40 bits per heavy atom. The molecule has 3 aromatic rings. The number of anilines is 1. The van der Waals surface area contributed by atoms with Crippen LogP contribution >= 0.6 is 0 Å². The summed E-state index contributed by atoms with van der Waals surface area (Å²) in [7, 11) is 0. The van der Waals surface area contributed by atoms with Crippen LogP contribution < -0.4 is 14.8 Å². The van der Waals surface area contributed by atoms with Crippen molar-refractivity contribution in [2.45, 2.75) is 32.1 Å². The van der Waals surface area contributed by atoms with Gasteiger partial charge in [0.05, 0.1) is 12.0 Å². The van der Waals surface area contributed by atoms with E-state index < -0.39 is 11.2 Å². The van der Waals surface area contributed by atoms with Gasteiger partial charge in [0.2, 0.25) is 5.75 Å². The van der Waals surface area contributed by atoms with Crippen LogP contribution in [-0.4, -0.2) is 29.7 Å². The van der Waals surface area contributed by atoms with Crippen LogP contribution in [0.5, 0.6) is 17.2 Å². The van der Waals surface area contributed by atoms with Gasteiger partial charge in [-0.1, -0.05) is 18.2 Å². The summed E-state index contributed by atoms with van der Waals surface area (Å²) in [6, 6.07) is 11.6. The molecule has 0 atom stereocenters. The molecule has 5 rings (SSSR count). The Morgan fingerprint density at radius 1 is 0.971 bits per heavy atom. The minimum atomic E-state index is -1.03. The molecule has 2 aliphatic rings. The third kappa shape index (κ3) is 4.87. The number of hydrogen-bond acceptors (Lipinski definition) is 6. The number of benzene rings is 2. The first-order valence-corrected chi connectivity index (χ1v) is 11.6. The van der Waals surface area contributed by atoms with Crippen LogP contribution in [0.25, 0.3) is 0 Å². The van der Waals surface area contributed by atoms with Gasteiger partial charge in [-0.05, 0) is 54.7 Å². The highest BCUT2D eigenvalue weighted by Crippen LogP contribution is 2.49. The van der Waals surface area contributed by atoms with E-state index in [-0.39, 0.29) is 36.0 Å². The van der Waals surface area contributed by atoms with Crippen molar-refractivity contribution in [3.8, 4) is 17.2 Å². The molecule has 0 radical (unpaired) electrons. The fourth-order valence-corrected chi connectivity index (χ4v) is 4.23. The van der Waals surface area contributed by atoms with Gasteiger partial charge in [-0.15, -0.1) is 0 Å². The normalized spacial score (nSPS) is 15.7. The number of carbonyl (C=O) groups excluding carboxylic acids is 2. The van der Waals surface area contributed by atoms with Crippen LogP contribution in [0.2, 0.25) is 0 Å². The molecule has 8 heteroatoms. The van der Waals surface area contributed by atoms with Gasteiger partial charge < -0.3 is 14.8 Å². The number of halogens is 2. The molecule has 0 amide bonds. The number of rotatable bonds is 8. The minimum Gasteiger partial charge on any atom is -0.486 e. The summed E-state index contributed by atoms with van der Waals surface area (Å²) in [6.45, 7) is 1.21. The van der Waals surface area contributed by atoms with Crippen molar-refractivity contribution in [3.63, 3.8) is 0 Å². The lowest BCUT2D eigenvalue weighted by molar-refractivity contribution is -0.133. The standard InChI is InChI=1S/C27H24F2N2O4/c28-19-5-2-17(3-6-19)15-23(32)27(9-10-27)24(33)16-18-4-7-21(20(29)14-18)35-22-8-12-31-26-25(22)34-13-1-11-30-26/h2-8,12,14H,1,9-11,13,15-16H2,(H,30,31). The highest BCUT2D eigenvalue weighted by Gasteiger charge is 2.54. The Balaban J connectivity index is 1.27. The number of ketones is 2. The molecule has 0 saturated heterocycles. The first kappa shape index (κ1) is 23.0. The van der Waals surface area contributed by atoms with Crippen molar-refractivity contribution in [3.05, 3.63) is 77.5 Å². The van der Waals surface area contributed by atoms with E-state index >= 15 is 0 Å². The molecule has 1 aliphatic carbocycles. The minimum absolute atomic E-state index is 0.00373. The van der Waals surface area contributed by atoms with Gasteiger partial charge in [0, 0.05) is 31.6 Å². The monoisotopic (exact) mass is 478 g/mol. The first-order valence-electron chi connectivity index (χ1n) is 11.6. The number of ether oxygens (including phenoxy) is 2. The zero-order chi connectivity index (χ0) is 24.4. The Morgan fingerprint density at radius 2 is 1.69 bits per heavy atom. The van der Waals surface area contributed by atoms with Crippen molar-refractivity contribution >= 4 is 17.4 Å². The van der Waals surface area contributed by atoms with Gasteiger partial charge in [-0.25, -0.2) is 13.8 Å². The molecule has 2 aromatic carbocycles. The Kier molecular flexibility index (Phi) is 6.19. The summed E-state index contributed by atoms with van der Waals surface area (Å²) in [5.41, 5.74) is 0.0993. The van der Waals surface area contributed by atoms with E-state index in [4.69, 9.17) is 9.47 Å². The van der Waals surface area contributed by atoms with E-state index in [1.54, 1.807) is 30.5 Å². The molecule has 1 saturated carbocycles. The predicted molar refractivity (Wildman–Crippen MR) is 125 cm³/mol. The van der Waals surface area contributed by atoms with E-state index in [1.807, 2.05) is 0 Å². The van der Waals surface area contributed by atoms with Gasteiger partial charge in [0.1, 0.15) is 5.82 Å². The average molecular weight is 478 g/mol. The summed E-state index contributed by atoms with van der Waals surface area (Å²) < 4.78 is 39.5. The lowest BCUT2D eigenvalue weighted by Crippen LogP contribution is -2.28. The molecule has 6 nitrogen and oxygen atoms in total. The molecule has 2 heterocycles. The molecule has 180 valence electrons. The summed E-state index contributed by atoms with van der Waals surface area (Å²) in [5.74, 6) is -0.0903. The second-order valence-corrected chi connectivity index (χ2v) is 8.89. The maximum Gasteiger partial charge on any atom is 0.204 e. The zero-order valence-electron chi connectivity index (χ0n) is 19.0. The second-order valence-electron chi connectivity index (χ2n) is 8.89. The maximum absolute atomic E-state index is 14.9. The predicted octanol–water partition coefficient (Wildman–Crippen LogP) is 5.05. The van der Waals surface area contributed by atoms with Crippen LogP contribution in [0.4, 0.5) is 14.6 Å². The largest absolute Gasteiger partial charge is 0.486 e. The third-order valence-corrected chi connectivity index (χ3v) is 6.40. The summed E-state index contributed by atoms with van der Waals surface area (Å²) in [4.78, 5) is 30.1. The highest BCUT2D eigenvalue weighted by molar-refractivity contribution is 6.10. The van der Waals surface area contributed by atoms with Crippen LogP contribution in [-0.2, 0) is 22.4 Å². The van der Waals surface area contributed by atoms with Gasteiger partial charge >= 0.3 is 0 Å². The topological polar surface area (TPSA) is 77.5 Å². The van der Waals surface area contributed by atoms with Crippen molar-refractivity contribution in [1.29, 1.82) is 0 Å². The average Bonchev–Trinajstić information content (AvgIpc) is 3.67. The van der Waals surface area contributed by atoms with E-state index in [1.165, 1.54) is 24.3 Å². The maximum atomic E-state index is 14.9. The molecule has 0 spiro atoms. The number of hydrogen-bond donors (Lipinski definition) is 1. The second kappa shape index (κ2) is 9.44. The Bertz CT molecular complexity index is 1270. The van der Waals surface area contributed by atoms with Crippen molar-refractivity contribution < 1.29 is 27.8 Å². The molecular formula is C27H24F2N2O4. The van der Waals surface area contributed by atoms with Gasteiger partial charge in [0.15, 0.2) is 34.7 Å². The first-order chi connectivity index (χ1) is 16.9. The van der Waals surface area contributed by atoms with Gasteiger partial charge in [-0.2, -0.15) is 0 Å². The number of fused-ring (bicyclic) bond motifs is 1. The van der Waals surface area contributed by atoms with Crippen molar-refractivity contribution in [1.82, 2.24) is 4.98 Å². The molecule has 1 N–H and O–H groups in total. The third-order valence-electron chi connectivity index (χ3n) is 6.40. The summed E-state index contributed by atoms with van der Waals surface area (Å²) in [6.07, 6.45) is 3.34. The number of pyridine rings is 1. The molecule has 0 unspecified atom stereocenters. The number of aromatic nitrogens is 1. The SMILES string of the molecule is O=C(Cc1ccc(F)cc1)C1(C(=O)Cc2ccc(Oc3ccnc4c3OCCCN4)c(F)c2)CC1. The molecule has 1 aromatic heterocycles. The zero-order valence-corrected chi connectivity index (χ0v) is 19.0. The highest BCUT2D eigenvalue weighted by atomic mass is 19.1. The summed E-state index contributed by atoms with van der Waals surface area (Å²) in [5, 5.41) is 3.15. The number of nitrogens with zero attached hydrogens (tertiary/aromatic N) is 1. The van der Waals surface area contributed by atoms with Gasteiger partial charge in [-0.3, -0.25) is 9.59 Å². The van der Waals surface area contributed by atoms with Crippen molar-refractivity contribution in [2.75, 3.05) is 18.5 Å². The lowest BCUT2D eigenvalue weighted by Gasteiger charge is -2.15. The lowest BCUT2D eigenvalue weighted by atomic mass is 9.88. The Labute approximate surface area is 201 Å². The van der Waals surface area contributed by atoms with Crippen LogP contribution in [0, 0.1) is 17.0 Å². The molecule has 0 bridgehead atoms. The van der Waals surface area contributed by atoms with Gasteiger partial charge in [0.25, 0.3) is 0 Å². The fraction of sp³-hybridized carbons (Fsp3) is 0.296. The van der Waals surface area contributed by atoms with E-state index in [0.29, 0.717) is 54.4 Å². The number of nitrogens with one attached hydrogen (secondary N) is 1. The fourth-order valence-electron chi connectivity index (χ4n) is 4.23. The number of carbonyl (C=O) groups is 2. The van der Waals surface area contributed by atoms with Crippen LogP contribution in [0.3, 0.4) is 0 Å². The van der Waals surface area contributed by atoms with E-state index in [0.717, 1.165) is 6.42 Å². The summed E-state index contributed by atoms with van der Waals surface area (Å²) >= 11 is 0.